The van der Waals surface area contributed by atoms with Crippen molar-refractivity contribution in [1.29, 1.82) is 0 Å². The van der Waals surface area contributed by atoms with Crippen LogP contribution in [0.2, 0.25) is 0 Å². The summed E-state index contributed by atoms with van der Waals surface area (Å²) in [5.41, 5.74) is 1.52. The van der Waals surface area contributed by atoms with Crippen molar-refractivity contribution in [3.63, 3.8) is 0 Å². The zero-order chi connectivity index (χ0) is 24.0. The Balaban J connectivity index is 1.31. The second-order valence-corrected chi connectivity index (χ2v) is 11.9. The lowest BCUT2D eigenvalue weighted by Crippen LogP contribution is -2.42. The number of fused-ring (bicyclic) bond motifs is 9. The number of aromatic amines is 1. The highest BCUT2D eigenvalue weighted by molar-refractivity contribution is 8.00. The second-order valence-electron chi connectivity index (χ2n) is 9.72. The third-order valence-electron chi connectivity index (χ3n) is 8.28. The number of H-pyrrole nitrogens is 1. The molecule has 9 heteroatoms. The zero-order valence-electron chi connectivity index (χ0n) is 18.6. The molecule has 2 aromatic carbocycles. The minimum Gasteiger partial charge on any atom is -0.497 e. The Bertz CT molecular complexity index is 1420. The topological polar surface area (TPSA) is 79.5 Å². The molecule has 2 amide bonds. The molecule has 4 aliphatic rings. The molecule has 2 aliphatic heterocycles. The number of amides is 2. The fraction of sp³-hybridized carbons (Fsp3) is 0.346. The molecular formula is C26H21FN2O4S2. The van der Waals surface area contributed by atoms with E-state index >= 15 is 0 Å². The predicted molar refractivity (Wildman–Crippen MR) is 130 cm³/mol. The number of hydrogen-bond donors (Lipinski definition) is 1. The van der Waals surface area contributed by atoms with Crippen LogP contribution >= 0.6 is 23.1 Å². The van der Waals surface area contributed by atoms with Crippen LogP contribution in [0.15, 0.2) is 58.4 Å². The first kappa shape index (κ1) is 21.4. The Morgan fingerprint density at radius 2 is 1.66 bits per heavy atom. The summed E-state index contributed by atoms with van der Waals surface area (Å²) in [7, 11) is 1.63. The minimum atomic E-state index is -0.405. The van der Waals surface area contributed by atoms with Crippen LogP contribution in [0, 0.1) is 35.4 Å². The lowest BCUT2D eigenvalue weighted by atomic mass is 9.68. The average molecular weight is 509 g/mol. The molecule has 3 heterocycles. The highest BCUT2D eigenvalue weighted by Crippen LogP contribution is 2.68. The Morgan fingerprint density at radius 1 is 0.971 bits per heavy atom. The number of imide groups is 1. The summed E-state index contributed by atoms with van der Waals surface area (Å²) >= 11 is 2.91. The number of nitrogens with zero attached hydrogens (tertiary/aromatic N) is 1. The van der Waals surface area contributed by atoms with E-state index in [2.05, 4.69) is 4.98 Å². The van der Waals surface area contributed by atoms with E-state index < -0.39 is 5.82 Å². The number of methoxy groups -OCH3 is 1. The van der Waals surface area contributed by atoms with Gasteiger partial charge in [0.05, 0.1) is 29.7 Å². The highest BCUT2D eigenvalue weighted by atomic mass is 32.2. The summed E-state index contributed by atoms with van der Waals surface area (Å²) in [5, 5.41) is 1.02. The van der Waals surface area contributed by atoms with Gasteiger partial charge in [-0.1, -0.05) is 23.5 Å². The van der Waals surface area contributed by atoms with Gasteiger partial charge in [0.15, 0.2) is 0 Å². The molecule has 35 heavy (non-hydrogen) atoms. The summed E-state index contributed by atoms with van der Waals surface area (Å²) in [4.78, 5) is 44.8. The van der Waals surface area contributed by atoms with Gasteiger partial charge in [-0.05, 0) is 66.1 Å². The lowest BCUT2D eigenvalue weighted by Gasteiger charge is -2.43. The monoisotopic (exact) mass is 508 g/mol. The smallest absolute Gasteiger partial charge is 0.305 e. The standard InChI is InChI=1S/C26H21FN2O4S2/c1-33-14-8-2-11(3-9-14)17-18-15-10-16(21(18)34-23-22(17)35-26(32)28-23)20-19(15)24(30)29(25(20)31)13-6-4-12(27)5-7-13/h2-9,15-21H,10H2,1H3,(H,28,32)/t15-,16+,17+,18+,19+,20+,21-/m0/s1. The van der Waals surface area contributed by atoms with Gasteiger partial charge < -0.3 is 9.72 Å². The maximum atomic E-state index is 13.7. The maximum absolute atomic E-state index is 13.7. The van der Waals surface area contributed by atoms with Gasteiger partial charge in [-0.3, -0.25) is 19.3 Å². The number of thiazole rings is 1. The molecule has 2 saturated carbocycles. The molecule has 2 bridgehead atoms. The van der Waals surface area contributed by atoms with Crippen LogP contribution in [-0.2, 0) is 9.59 Å². The zero-order valence-corrected chi connectivity index (χ0v) is 20.3. The number of thioether (sulfide) groups is 1. The van der Waals surface area contributed by atoms with Crippen molar-refractivity contribution in [2.75, 3.05) is 12.0 Å². The second kappa shape index (κ2) is 7.54. The van der Waals surface area contributed by atoms with Gasteiger partial charge in [0.25, 0.3) is 0 Å². The van der Waals surface area contributed by atoms with E-state index in [1.165, 1.54) is 40.5 Å². The summed E-state index contributed by atoms with van der Waals surface area (Å²) in [6.07, 6.45) is 0.832. The predicted octanol–water partition coefficient (Wildman–Crippen LogP) is 4.26. The third-order valence-corrected chi connectivity index (χ3v) is 10.9. The van der Waals surface area contributed by atoms with Crippen molar-refractivity contribution in [2.45, 2.75) is 22.6 Å². The maximum Gasteiger partial charge on any atom is 0.305 e. The molecule has 1 aromatic heterocycles. The average Bonchev–Trinajstić information content (AvgIpc) is 3.59. The number of aromatic nitrogens is 1. The molecule has 0 unspecified atom stereocenters. The summed E-state index contributed by atoms with van der Waals surface area (Å²) in [6, 6.07) is 13.5. The van der Waals surface area contributed by atoms with Crippen LogP contribution in [0.1, 0.15) is 22.8 Å². The molecule has 2 aliphatic carbocycles. The van der Waals surface area contributed by atoms with Crippen molar-refractivity contribution in [3.8, 4) is 5.75 Å². The number of nitrogens with one attached hydrogen (secondary N) is 1. The van der Waals surface area contributed by atoms with E-state index in [9.17, 15) is 18.8 Å². The van der Waals surface area contributed by atoms with E-state index in [1.54, 1.807) is 18.9 Å². The first-order valence-corrected chi connectivity index (χ1v) is 13.3. The number of benzene rings is 2. The van der Waals surface area contributed by atoms with E-state index in [1.807, 2.05) is 24.3 Å². The van der Waals surface area contributed by atoms with Crippen molar-refractivity contribution in [3.05, 3.63) is 74.5 Å². The first-order chi connectivity index (χ1) is 17.0. The Labute approximate surface area is 208 Å². The summed E-state index contributed by atoms with van der Waals surface area (Å²) < 4.78 is 18.8. The van der Waals surface area contributed by atoms with Gasteiger partial charge in [-0.15, -0.1) is 11.8 Å². The number of carbonyl (C=O) groups is 2. The van der Waals surface area contributed by atoms with E-state index in [-0.39, 0.29) is 57.4 Å². The number of halogens is 1. The quantitative estimate of drug-likeness (QED) is 0.535. The van der Waals surface area contributed by atoms with E-state index in [0.29, 0.717) is 5.69 Å². The van der Waals surface area contributed by atoms with Gasteiger partial charge in [-0.25, -0.2) is 4.39 Å². The van der Waals surface area contributed by atoms with Gasteiger partial charge in [-0.2, -0.15) is 0 Å². The molecule has 7 rings (SSSR count). The van der Waals surface area contributed by atoms with Gasteiger partial charge in [0.2, 0.25) is 11.8 Å². The normalized spacial score (nSPS) is 32.5. The molecule has 178 valence electrons. The van der Waals surface area contributed by atoms with Crippen molar-refractivity contribution < 1.29 is 18.7 Å². The largest absolute Gasteiger partial charge is 0.497 e. The van der Waals surface area contributed by atoms with Crippen LogP contribution < -0.4 is 14.5 Å². The minimum absolute atomic E-state index is 0.0233. The molecule has 7 atom stereocenters. The molecule has 1 saturated heterocycles. The highest BCUT2D eigenvalue weighted by Gasteiger charge is 2.69. The van der Waals surface area contributed by atoms with Crippen LogP contribution in [0.3, 0.4) is 0 Å². The summed E-state index contributed by atoms with van der Waals surface area (Å²) in [5.74, 6) is -0.523. The molecule has 6 nitrogen and oxygen atoms in total. The molecular weight excluding hydrogens is 487 g/mol. The number of hydrogen-bond acceptors (Lipinski definition) is 6. The van der Waals surface area contributed by atoms with Gasteiger partial charge in [0.1, 0.15) is 11.6 Å². The number of ether oxygens (including phenoxy) is 1. The van der Waals surface area contributed by atoms with E-state index in [4.69, 9.17) is 4.74 Å². The molecule has 0 radical (unpaired) electrons. The molecule has 0 spiro atoms. The third kappa shape index (κ3) is 2.91. The SMILES string of the molecule is COc1ccc([C@H]2c3sc(=O)[nH]c3S[C@H]3[C@@H]4C[C@H]([C@H]5C(=O)N(c6ccc(F)cc6)C(=O)[C@H]45)[C@H]23)cc1. The first-order valence-electron chi connectivity index (χ1n) is 11.6. The van der Waals surface area contributed by atoms with Crippen LogP contribution in [0.25, 0.3) is 0 Å². The molecule has 3 aromatic rings. The van der Waals surface area contributed by atoms with Crippen LogP contribution in [0.4, 0.5) is 10.1 Å². The fourth-order valence-electron chi connectivity index (χ4n) is 7.05. The van der Waals surface area contributed by atoms with Gasteiger partial charge in [0, 0.05) is 16.0 Å². The Kier molecular flexibility index (Phi) is 4.61. The number of anilines is 1. The lowest BCUT2D eigenvalue weighted by molar-refractivity contribution is -0.123. The summed E-state index contributed by atoms with van der Waals surface area (Å²) in [6.45, 7) is 0. The number of rotatable bonds is 3. The van der Waals surface area contributed by atoms with Crippen molar-refractivity contribution >= 4 is 40.6 Å². The molecule has 3 fully saturated rings. The Morgan fingerprint density at radius 3 is 2.34 bits per heavy atom. The van der Waals surface area contributed by atoms with Crippen molar-refractivity contribution in [2.24, 2.45) is 29.6 Å². The van der Waals surface area contributed by atoms with Crippen LogP contribution in [-0.4, -0.2) is 29.2 Å². The fourth-order valence-corrected chi connectivity index (χ4v) is 9.93. The van der Waals surface area contributed by atoms with Gasteiger partial charge >= 0.3 is 4.87 Å². The Hall–Kier alpha value is -2.91. The molecule has 1 N–H and O–H groups in total. The van der Waals surface area contributed by atoms with E-state index in [0.717, 1.165) is 27.6 Å². The van der Waals surface area contributed by atoms with Crippen LogP contribution in [0.5, 0.6) is 5.75 Å². The number of carbonyl (C=O) groups excluding carboxylic acids is 2. The van der Waals surface area contributed by atoms with Crippen molar-refractivity contribution in [1.82, 2.24) is 4.98 Å².